The van der Waals surface area contributed by atoms with Gasteiger partial charge >= 0.3 is 5.91 Å². The molecule has 0 spiro atoms. The number of hydrogen-bond donors (Lipinski definition) is 0. The van der Waals surface area contributed by atoms with Crippen molar-refractivity contribution < 1.29 is 13.7 Å². The zero-order valence-electron chi connectivity index (χ0n) is 5.44. The summed E-state index contributed by atoms with van der Waals surface area (Å²) >= 11 is 0. The molecule has 0 N–H and O–H groups in total. The first kappa shape index (κ1) is 7.56. The molecule has 3 heteroatoms. The molecule has 0 unspecified atom stereocenters. The van der Waals surface area contributed by atoms with E-state index < -0.39 is 6.80 Å². The van der Waals surface area contributed by atoms with E-state index in [0.29, 0.717) is 0 Å². The van der Waals surface area contributed by atoms with Crippen LogP contribution >= 0.6 is 0 Å². The highest BCUT2D eigenvalue weighted by Gasteiger charge is 2.19. The predicted molar refractivity (Wildman–Crippen MR) is 28.8 cm³/mol. The number of carbonyl (C=O) groups excluding carboxylic acids is 1. The average molecular weight is 120 g/mol. The molecule has 1 amide bonds. The topological polar surface area (TPSA) is 17.1 Å². The van der Waals surface area contributed by atoms with Crippen LogP contribution < -0.4 is 0 Å². The van der Waals surface area contributed by atoms with E-state index in [1.54, 1.807) is 0 Å². The maximum Gasteiger partial charge on any atom is 0.312 e. The Morgan fingerprint density at radius 3 is 2.00 bits per heavy atom. The van der Waals surface area contributed by atoms with E-state index in [-0.39, 0.29) is 10.4 Å². The molecule has 0 heterocycles. The van der Waals surface area contributed by atoms with Gasteiger partial charge in [-0.3, -0.25) is 0 Å². The molecule has 0 saturated carbocycles. The van der Waals surface area contributed by atoms with Crippen LogP contribution in [0.4, 0.5) is 4.39 Å². The summed E-state index contributed by atoms with van der Waals surface area (Å²) in [4.78, 5) is 10.4. The minimum absolute atomic E-state index is 0.160. The van der Waals surface area contributed by atoms with Crippen LogP contribution in [0.3, 0.4) is 0 Å². The molecule has 2 nitrogen and oxygen atoms in total. The van der Waals surface area contributed by atoms with Gasteiger partial charge in [0.1, 0.15) is 0 Å². The highest BCUT2D eigenvalue weighted by Crippen LogP contribution is 1.95. The van der Waals surface area contributed by atoms with Gasteiger partial charge in [0.2, 0.25) is 6.80 Å². The van der Waals surface area contributed by atoms with E-state index in [2.05, 4.69) is 0 Å². The van der Waals surface area contributed by atoms with Gasteiger partial charge in [-0.25, -0.2) is 9.28 Å². The van der Waals surface area contributed by atoms with Crippen LogP contribution in [0.15, 0.2) is 0 Å². The van der Waals surface area contributed by atoms with Crippen LogP contribution in [-0.4, -0.2) is 31.3 Å². The number of alkyl halides is 1. The number of halogens is 1. The van der Waals surface area contributed by atoms with Gasteiger partial charge in [0.15, 0.2) is 0 Å². The molecule has 8 heavy (non-hydrogen) atoms. The largest absolute Gasteiger partial charge is 0.312 e. The Morgan fingerprint density at radius 1 is 1.62 bits per heavy atom. The summed E-state index contributed by atoms with van der Waals surface area (Å²) in [6.45, 7) is 0.745. The third kappa shape index (κ3) is 1.58. The third-order valence-electron chi connectivity index (χ3n) is 1.15. The number of nitrogens with zero attached hydrogens (tertiary/aromatic N) is 1. The molecule has 0 aromatic carbocycles. The van der Waals surface area contributed by atoms with Crippen molar-refractivity contribution in [2.24, 2.45) is 0 Å². The normalized spacial score (nSPS) is 11.5. The second kappa shape index (κ2) is 2.22. The third-order valence-corrected chi connectivity index (χ3v) is 1.15. The first-order valence-corrected chi connectivity index (χ1v) is 2.41. The lowest BCUT2D eigenvalue weighted by Crippen LogP contribution is -2.42. The summed E-state index contributed by atoms with van der Waals surface area (Å²) in [7, 11) is 3.06. The number of amides is 1. The number of quaternary nitrogens is 1. The maximum atomic E-state index is 11.8. The molecule has 0 aliphatic heterocycles. The Hall–Kier alpha value is -0.440. The molecule has 0 fully saturated rings. The summed E-state index contributed by atoms with van der Waals surface area (Å²) in [6.07, 6.45) is 0. The van der Waals surface area contributed by atoms with Crippen LogP contribution in [0.2, 0.25) is 0 Å². The standard InChI is InChI=1S/C5H11FNO/c1-5(8)7(2,3)4-6/h4H2,1-3H3/q+1. The molecule has 0 atom stereocenters. The quantitative estimate of drug-likeness (QED) is 0.364. The number of rotatable bonds is 1. The fourth-order valence-electron chi connectivity index (χ4n) is 0.0842. The van der Waals surface area contributed by atoms with Crippen LogP contribution in [0.25, 0.3) is 0 Å². The molecule has 0 saturated heterocycles. The van der Waals surface area contributed by atoms with E-state index in [9.17, 15) is 9.18 Å². The molecule has 0 radical (unpaired) electrons. The molecule has 0 bridgehead atoms. The minimum atomic E-state index is -0.630. The minimum Gasteiger partial charge on any atom is -0.240 e. The van der Waals surface area contributed by atoms with E-state index in [0.717, 1.165) is 0 Å². The molecule has 48 valence electrons. The monoisotopic (exact) mass is 120 g/mol. The Kier molecular flexibility index (Phi) is 2.10. The lowest BCUT2D eigenvalue weighted by Gasteiger charge is -2.19. The van der Waals surface area contributed by atoms with Gasteiger partial charge in [0.05, 0.1) is 21.0 Å². The van der Waals surface area contributed by atoms with Gasteiger partial charge in [0, 0.05) is 0 Å². The summed E-state index contributed by atoms with van der Waals surface area (Å²) in [5.41, 5.74) is 0. The average Bonchev–Trinajstić information content (AvgIpc) is 1.67. The molecule has 0 aromatic heterocycles. The van der Waals surface area contributed by atoms with Crippen molar-refractivity contribution in [3.05, 3.63) is 0 Å². The second-order valence-corrected chi connectivity index (χ2v) is 2.32. The molecular weight excluding hydrogens is 109 g/mol. The van der Waals surface area contributed by atoms with Gasteiger partial charge < -0.3 is 0 Å². The fraction of sp³-hybridized carbons (Fsp3) is 0.800. The Morgan fingerprint density at radius 2 is 2.00 bits per heavy atom. The summed E-state index contributed by atoms with van der Waals surface area (Å²) < 4.78 is 11.6. The van der Waals surface area contributed by atoms with E-state index >= 15 is 0 Å². The van der Waals surface area contributed by atoms with Crippen molar-refractivity contribution in [1.82, 2.24) is 0 Å². The zero-order chi connectivity index (χ0) is 6.78. The number of carbonyl (C=O) groups is 1. The first-order valence-electron chi connectivity index (χ1n) is 2.41. The van der Waals surface area contributed by atoms with E-state index in [1.807, 2.05) is 0 Å². The van der Waals surface area contributed by atoms with Crippen molar-refractivity contribution in [2.45, 2.75) is 6.92 Å². The van der Waals surface area contributed by atoms with Crippen LogP contribution in [-0.2, 0) is 4.79 Å². The van der Waals surface area contributed by atoms with Gasteiger partial charge in [-0.05, 0) is 0 Å². The predicted octanol–water partition coefficient (Wildman–Crippen LogP) is 0.536. The highest BCUT2D eigenvalue weighted by atomic mass is 19.1. The summed E-state index contributed by atoms with van der Waals surface area (Å²) in [5.74, 6) is -0.160. The summed E-state index contributed by atoms with van der Waals surface area (Å²) in [5, 5.41) is 0. The lowest BCUT2D eigenvalue weighted by atomic mass is 10.5. The van der Waals surface area contributed by atoms with Crippen molar-refractivity contribution in [2.75, 3.05) is 20.9 Å². The molecule has 0 aliphatic carbocycles. The molecular formula is C5H11FNO+. The van der Waals surface area contributed by atoms with Gasteiger partial charge in [-0.1, -0.05) is 0 Å². The van der Waals surface area contributed by atoms with Crippen molar-refractivity contribution >= 4 is 5.91 Å². The van der Waals surface area contributed by atoms with E-state index in [1.165, 1.54) is 21.0 Å². The second-order valence-electron chi connectivity index (χ2n) is 2.32. The first-order chi connectivity index (χ1) is 3.50. The van der Waals surface area contributed by atoms with Gasteiger partial charge in [-0.15, -0.1) is 0 Å². The SMILES string of the molecule is CC(=O)[N+](C)(C)CF. The summed E-state index contributed by atoms with van der Waals surface area (Å²) in [6, 6.07) is 0. The molecule has 0 aliphatic rings. The molecule has 0 rings (SSSR count). The Bertz CT molecular complexity index is 101. The van der Waals surface area contributed by atoms with Crippen LogP contribution in [0, 0.1) is 0 Å². The van der Waals surface area contributed by atoms with Gasteiger partial charge in [0.25, 0.3) is 0 Å². The van der Waals surface area contributed by atoms with Crippen molar-refractivity contribution in [3.63, 3.8) is 0 Å². The van der Waals surface area contributed by atoms with Crippen molar-refractivity contribution in [1.29, 1.82) is 0 Å². The van der Waals surface area contributed by atoms with Crippen LogP contribution in [0.1, 0.15) is 6.92 Å². The Balaban J connectivity index is 3.91. The van der Waals surface area contributed by atoms with Gasteiger partial charge in [-0.2, -0.15) is 4.39 Å². The van der Waals surface area contributed by atoms with E-state index in [4.69, 9.17) is 0 Å². The smallest absolute Gasteiger partial charge is 0.240 e. The van der Waals surface area contributed by atoms with Crippen molar-refractivity contribution in [3.8, 4) is 0 Å². The zero-order valence-corrected chi connectivity index (χ0v) is 5.44. The molecule has 0 aromatic rings. The fourth-order valence-corrected chi connectivity index (χ4v) is 0.0842. The highest BCUT2D eigenvalue weighted by molar-refractivity contribution is 5.65. The Labute approximate surface area is 48.5 Å². The van der Waals surface area contributed by atoms with Crippen LogP contribution in [0.5, 0.6) is 0 Å². The lowest BCUT2D eigenvalue weighted by molar-refractivity contribution is -0.827. The number of hydrogen-bond acceptors (Lipinski definition) is 1. The maximum absolute atomic E-state index is 11.8.